The van der Waals surface area contributed by atoms with Crippen molar-refractivity contribution in [3.8, 4) is 0 Å². The van der Waals surface area contributed by atoms with Crippen molar-refractivity contribution in [1.82, 2.24) is 9.55 Å². The summed E-state index contributed by atoms with van der Waals surface area (Å²) in [6, 6.07) is 5.71. The number of nitrogens with zero attached hydrogens (tertiary/aromatic N) is 1. The van der Waals surface area contributed by atoms with Crippen molar-refractivity contribution in [2.45, 2.75) is 6.42 Å². The van der Waals surface area contributed by atoms with Crippen LogP contribution in [-0.4, -0.2) is 21.3 Å². The number of benzene rings is 1. The average molecular weight is 192 g/mol. The Labute approximate surface area is 80.8 Å². The number of aryl methyl sites for hydroxylation is 1. The first-order chi connectivity index (χ1) is 6.72. The number of aliphatic hydroxyl groups excluding tert-OH is 1. The van der Waals surface area contributed by atoms with Gasteiger partial charge in [0.05, 0.1) is 11.0 Å². The standard InChI is InChI=1S/C10H12N2O2/c1-12-9-3-2-7(4-5-13)6-8(9)11-10(12)14/h2-3,6,13H,4-5H2,1H3,(H,11,14). The molecule has 0 bridgehead atoms. The zero-order chi connectivity index (χ0) is 10.1. The van der Waals surface area contributed by atoms with E-state index >= 15 is 0 Å². The van der Waals surface area contributed by atoms with E-state index in [1.807, 2.05) is 18.2 Å². The molecule has 0 aliphatic carbocycles. The summed E-state index contributed by atoms with van der Waals surface area (Å²) >= 11 is 0. The Morgan fingerprint density at radius 1 is 1.50 bits per heavy atom. The number of aromatic amines is 1. The number of aromatic nitrogens is 2. The topological polar surface area (TPSA) is 58.0 Å². The van der Waals surface area contributed by atoms with E-state index in [1.165, 1.54) is 0 Å². The fourth-order valence-electron chi connectivity index (χ4n) is 1.57. The van der Waals surface area contributed by atoms with Crippen molar-refractivity contribution in [1.29, 1.82) is 0 Å². The molecular formula is C10H12N2O2. The van der Waals surface area contributed by atoms with Crippen LogP contribution in [0, 0.1) is 0 Å². The summed E-state index contributed by atoms with van der Waals surface area (Å²) in [4.78, 5) is 14.0. The second-order valence-electron chi connectivity index (χ2n) is 3.31. The van der Waals surface area contributed by atoms with E-state index in [0.717, 1.165) is 16.6 Å². The molecule has 1 aromatic heterocycles. The molecule has 0 radical (unpaired) electrons. The van der Waals surface area contributed by atoms with E-state index in [2.05, 4.69) is 4.98 Å². The van der Waals surface area contributed by atoms with Crippen LogP contribution in [0.5, 0.6) is 0 Å². The molecule has 74 valence electrons. The summed E-state index contributed by atoms with van der Waals surface area (Å²) < 4.78 is 1.57. The van der Waals surface area contributed by atoms with Gasteiger partial charge in [-0.25, -0.2) is 4.79 Å². The molecule has 2 aromatic rings. The number of hydrogen-bond donors (Lipinski definition) is 2. The Balaban J connectivity index is 2.61. The smallest absolute Gasteiger partial charge is 0.326 e. The third kappa shape index (κ3) is 1.33. The van der Waals surface area contributed by atoms with Crippen LogP contribution in [0.1, 0.15) is 5.56 Å². The van der Waals surface area contributed by atoms with Gasteiger partial charge in [0.1, 0.15) is 0 Å². The molecule has 0 amide bonds. The summed E-state index contributed by atoms with van der Waals surface area (Å²) in [6.45, 7) is 0.128. The number of hydrogen-bond acceptors (Lipinski definition) is 2. The van der Waals surface area contributed by atoms with Crippen LogP contribution in [-0.2, 0) is 13.5 Å². The SMILES string of the molecule is Cn1c(=O)[nH]c2cc(CCO)ccc21. The lowest BCUT2D eigenvalue weighted by atomic mass is 10.1. The molecule has 0 unspecified atom stereocenters. The van der Waals surface area contributed by atoms with Crippen LogP contribution in [0.25, 0.3) is 11.0 Å². The summed E-state index contributed by atoms with van der Waals surface area (Å²) in [5.74, 6) is 0. The Hall–Kier alpha value is -1.55. The fraction of sp³-hybridized carbons (Fsp3) is 0.300. The second kappa shape index (κ2) is 3.31. The fourth-order valence-corrected chi connectivity index (χ4v) is 1.57. The highest BCUT2D eigenvalue weighted by Crippen LogP contribution is 2.11. The van der Waals surface area contributed by atoms with Gasteiger partial charge >= 0.3 is 5.69 Å². The van der Waals surface area contributed by atoms with Crippen LogP contribution in [0.3, 0.4) is 0 Å². The molecule has 1 heterocycles. The maximum Gasteiger partial charge on any atom is 0.326 e. The third-order valence-electron chi connectivity index (χ3n) is 2.37. The molecule has 0 spiro atoms. The monoisotopic (exact) mass is 192 g/mol. The van der Waals surface area contributed by atoms with Gasteiger partial charge in [-0.2, -0.15) is 0 Å². The van der Waals surface area contributed by atoms with Crippen molar-refractivity contribution in [3.05, 3.63) is 34.2 Å². The molecule has 0 saturated heterocycles. The van der Waals surface area contributed by atoms with E-state index in [4.69, 9.17) is 5.11 Å². The van der Waals surface area contributed by atoms with Crippen LogP contribution >= 0.6 is 0 Å². The molecule has 4 heteroatoms. The number of rotatable bonds is 2. The van der Waals surface area contributed by atoms with Crippen LogP contribution in [0.4, 0.5) is 0 Å². The number of aliphatic hydroxyl groups is 1. The lowest BCUT2D eigenvalue weighted by Crippen LogP contribution is -2.11. The largest absolute Gasteiger partial charge is 0.396 e. The van der Waals surface area contributed by atoms with Gasteiger partial charge in [0, 0.05) is 13.7 Å². The van der Waals surface area contributed by atoms with Crippen molar-refractivity contribution in [3.63, 3.8) is 0 Å². The minimum Gasteiger partial charge on any atom is -0.396 e. The molecule has 0 fully saturated rings. The predicted octanol–water partition coefficient (Wildman–Crippen LogP) is 0.401. The molecule has 0 saturated carbocycles. The molecule has 4 nitrogen and oxygen atoms in total. The van der Waals surface area contributed by atoms with E-state index in [0.29, 0.717) is 6.42 Å². The van der Waals surface area contributed by atoms with Gasteiger partial charge in [0.2, 0.25) is 0 Å². The summed E-state index contributed by atoms with van der Waals surface area (Å²) in [6.07, 6.45) is 0.618. The molecule has 2 N–H and O–H groups in total. The first-order valence-electron chi connectivity index (χ1n) is 4.51. The normalized spacial score (nSPS) is 11.0. The summed E-state index contributed by atoms with van der Waals surface area (Å²) in [7, 11) is 1.73. The first-order valence-corrected chi connectivity index (χ1v) is 4.51. The molecular weight excluding hydrogens is 180 g/mol. The van der Waals surface area contributed by atoms with Crippen LogP contribution < -0.4 is 5.69 Å². The Morgan fingerprint density at radius 2 is 2.29 bits per heavy atom. The van der Waals surface area contributed by atoms with E-state index < -0.39 is 0 Å². The van der Waals surface area contributed by atoms with Gasteiger partial charge in [-0.1, -0.05) is 6.07 Å². The molecule has 0 atom stereocenters. The lowest BCUT2D eigenvalue weighted by molar-refractivity contribution is 0.299. The summed E-state index contributed by atoms with van der Waals surface area (Å²) in [5.41, 5.74) is 2.63. The van der Waals surface area contributed by atoms with Gasteiger partial charge in [0.15, 0.2) is 0 Å². The van der Waals surface area contributed by atoms with Crippen molar-refractivity contribution >= 4 is 11.0 Å². The minimum atomic E-state index is -0.110. The minimum absolute atomic E-state index is 0.110. The van der Waals surface area contributed by atoms with Gasteiger partial charge in [0.25, 0.3) is 0 Å². The maximum atomic E-state index is 11.3. The van der Waals surface area contributed by atoms with Crippen molar-refractivity contribution in [2.24, 2.45) is 7.05 Å². The Morgan fingerprint density at radius 3 is 3.00 bits per heavy atom. The molecule has 2 rings (SSSR count). The second-order valence-corrected chi connectivity index (χ2v) is 3.31. The van der Waals surface area contributed by atoms with Gasteiger partial charge in [-0.3, -0.25) is 4.57 Å². The van der Waals surface area contributed by atoms with Gasteiger partial charge in [-0.15, -0.1) is 0 Å². The Kier molecular flexibility index (Phi) is 2.13. The van der Waals surface area contributed by atoms with E-state index in [1.54, 1.807) is 11.6 Å². The highest BCUT2D eigenvalue weighted by Gasteiger charge is 2.02. The highest BCUT2D eigenvalue weighted by atomic mass is 16.2. The summed E-state index contributed by atoms with van der Waals surface area (Å²) in [5, 5.41) is 8.77. The average Bonchev–Trinajstić information content (AvgIpc) is 2.43. The first kappa shape index (κ1) is 9.02. The molecule has 0 aliphatic heterocycles. The number of fused-ring (bicyclic) bond motifs is 1. The molecule has 0 aliphatic rings. The van der Waals surface area contributed by atoms with Gasteiger partial charge < -0.3 is 10.1 Å². The zero-order valence-corrected chi connectivity index (χ0v) is 7.95. The van der Waals surface area contributed by atoms with Gasteiger partial charge in [-0.05, 0) is 24.1 Å². The number of nitrogens with one attached hydrogen (secondary N) is 1. The van der Waals surface area contributed by atoms with Crippen molar-refractivity contribution in [2.75, 3.05) is 6.61 Å². The maximum absolute atomic E-state index is 11.3. The Bertz CT molecular complexity index is 510. The number of imidazole rings is 1. The van der Waals surface area contributed by atoms with Crippen LogP contribution in [0.15, 0.2) is 23.0 Å². The highest BCUT2D eigenvalue weighted by molar-refractivity contribution is 5.75. The predicted molar refractivity (Wildman–Crippen MR) is 54.3 cm³/mol. The van der Waals surface area contributed by atoms with E-state index in [9.17, 15) is 4.79 Å². The zero-order valence-electron chi connectivity index (χ0n) is 7.95. The number of H-pyrrole nitrogens is 1. The van der Waals surface area contributed by atoms with Crippen LogP contribution in [0.2, 0.25) is 0 Å². The molecule has 1 aromatic carbocycles. The lowest BCUT2D eigenvalue weighted by Gasteiger charge is -1.98. The quantitative estimate of drug-likeness (QED) is 0.723. The molecule has 14 heavy (non-hydrogen) atoms. The van der Waals surface area contributed by atoms with Crippen molar-refractivity contribution < 1.29 is 5.11 Å². The van der Waals surface area contributed by atoms with E-state index in [-0.39, 0.29) is 12.3 Å². The third-order valence-corrected chi connectivity index (χ3v) is 2.37.